The maximum absolute atomic E-state index is 12.0. The van der Waals surface area contributed by atoms with E-state index >= 15 is 0 Å². The Bertz CT molecular complexity index is 364. The zero-order valence-electron chi connectivity index (χ0n) is 12.0. The predicted octanol–water partition coefficient (Wildman–Crippen LogP) is 2.31. The van der Waals surface area contributed by atoms with Crippen LogP contribution in [0.1, 0.15) is 34.6 Å². The van der Waals surface area contributed by atoms with Crippen LogP contribution in [0.4, 0.5) is 0 Å². The summed E-state index contributed by atoms with van der Waals surface area (Å²) >= 11 is 0. The van der Waals surface area contributed by atoms with Crippen LogP contribution in [0.25, 0.3) is 0 Å². The molecule has 102 valence electrons. The van der Waals surface area contributed by atoms with Crippen molar-refractivity contribution in [1.29, 1.82) is 0 Å². The Labute approximate surface area is 109 Å². The predicted molar refractivity (Wildman–Crippen MR) is 72.1 cm³/mol. The minimum Gasteiger partial charge on any atom is -0.463 e. The van der Waals surface area contributed by atoms with E-state index in [-0.39, 0.29) is 18.0 Å². The number of nitrogens with zero attached hydrogens (tertiary/aromatic N) is 1. The van der Waals surface area contributed by atoms with E-state index in [4.69, 9.17) is 4.74 Å². The van der Waals surface area contributed by atoms with Gasteiger partial charge in [0.05, 0.1) is 13.2 Å². The number of rotatable bonds is 5. The van der Waals surface area contributed by atoms with Gasteiger partial charge in [-0.2, -0.15) is 0 Å². The highest BCUT2D eigenvalue weighted by molar-refractivity contribution is 5.94. The van der Waals surface area contributed by atoms with E-state index < -0.39 is 11.5 Å². The molecule has 1 amide bonds. The van der Waals surface area contributed by atoms with E-state index in [2.05, 4.69) is 13.2 Å². The highest BCUT2D eigenvalue weighted by atomic mass is 16.5. The summed E-state index contributed by atoms with van der Waals surface area (Å²) in [5.41, 5.74) is 0.286. The van der Waals surface area contributed by atoms with Crippen LogP contribution in [0.3, 0.4) is 0 Å². The molecule has 0 aliphatic heterocycles. The Morgan fingerprint density at radius 2 is 1.72 bits per heavy atom. The van der Waals surface area contributed by atoms with Crippen LogP contribution in [-0.2, 0) is 14.3 Å². The first kappa shape index (κ1) is 16.4. The minimum absolute atomic E-state index is 0.147. The summed E-state index contributed by atoms with van der Waals surface area (Å²) in [6.07, 6.45) is 0. The van der Waals surface area contributed by atoms with Gasteiger partial charge in [0.1, 0.15) is 0 Å². The van der Waals surface area contributed by atoms with Crippen LogP contribution < -0.4 is 0 Å². The second-order valence-corrected chi connectivity index (χ2v) is 5.17. The van der Waals surface area contributed by atoms with E-state index in [9.17, 15) is 9.59 Å². The zero-order chi connectivity index (χ0) is 14.5. The van der Waals surface area contributed by atoms with Gasteiger partial charge in [-0.3, -0.25) is 4.79 Å². The van der Waals surface area contributed by atoms with Gasteiger partial charge in [-0.05, 0) is 34.6 Å². The molecule has 4 nitrogen and oxygen atoms in total. The van der Waals surface area contributed by atoms with Crippen molar-refractivity contribution in [2.75, 3.05) is 13.2 Å². The molecular weight excluding hydrogens is 230 g/mol. The van der Waals surface area contributed by atoms with E-state index in [1.54, 1.807) is 18.7 Å². The van der Waals surface area contributed by atoms with Gasteiger partial charge in [-0.15, -0.1) is 0 Å². The molecule has 0 fully saturated rings. The van der Waals surface area contributed by atoms with Crippen molar-refractivity contribution in [3.8, 4) is 0 Å². The highest BCUT2D eigenvalue weighted by Crippen LogP contribution is 2.18. The Morgan fingerprint density at radius 3 is 2.06 bits per heavy atom. The Kier molecular flexibility index (Phi) is 5.82. The molecule has 0 aromatic carbocycles. The second-order valence-electron chi connectivity index (χ2n) is 5.17. The Balaban J connectivity index is 4.93. The molecule has 0 atom stereocenters. The molecule has 4 heteroatoms. The third-order valence-electron chi connectivity index (χ3n) is 2.33. The molecule has 18 heavy (non-hydrogen) atoms. The largest absolute Gasteiger partial charge is 0.463 e. The third-order valence-corrected chi connectivity index (χ3v) is 2.33. The van der Waals surface area contributed by atoms with Crippen LogP contribution >= 0.6 is 0 Å². The van der Waals surface area contributed by atoms with Crippen LogP contribution in [-0.4, -0.2) is 35.5 Å². The fourth-order valence-corrected chi connectivity index (χ4v) is 1.33. The third kappa shape index (κ3) is 4.73. The first-order valence-electron chi connectivity index (χ1n) is 5.93. The molecule has 0 aliphatic rings. The molecule has 0 aliphatic carbocycles. The standard InChI is InChI=1S/C14H23NO3/c1-8-18-13(17)11(4)9-15(14(5,6)7)12(16)10(2)3/h2,4,8-9H2,1,3,5-7H3. The van der Waals surface area contributed by atoms with Crippen LogP contribution in [0.2, 0.25) is 0 Å². The normalized spacial score (nSPS) is 10.7. The highest BCUT2D eigenvalue weighted by Gasteiger charge is 2.28. The molecule has 0 rings (SSSR count). The summed E-state index contributed by atoms with van der Waals surface area (Å²) < 4.78 is 4.86. The van der Waals surface area contributed by atoms with Crippen LogP contribution in [0.5, 0.6) is 0 Å². The molecule has 0 N–H and O–H groups in total. The lowest BCUT2D eigenvalue weighted by atomic mass is 10.0. The minimum atomic E-state index is -0.471. The van der Waals surface area contributed by atoms with E-state index in [1.165, 1.54) is 0 Å². The zero-order valence-corrected chi connectivity index (χ0v) is 12.0. The topological polar surface area (TPSA) is 46.6 Å². The number of ether oxygens (including phenoxy) is 1. The van der Waals surface area contributed by atoms with E-state index in [0.29, 0.717) is 12.2 Å². The van der Waals surface area contributed by atoms with Crippen LogP contribution in [0, 0.1) is 0 Å². The van der Waals surface area contributed by atoms with E-state index in [1.807, 2.05) is 20.8 Å². The molecule has 0 bridgehead atoms. The number of carbonyl (C=O) groups is 2. The van der Waals surface area contributed by atoms with Crippen molar-refractivity contribution in [2.24, 2.45) is 0 Å². The van der Waals surface area contributed by atoms with Crippen molar-refractivity contribution in [3.05, 3.63) is 24.3 Å². The molecular formula is C14H23NO3. The lowest BCUT2D eigenvalue weighted by Crippen LogP contribution is -2.47. The van der Waals surface area contributed by atoms with Gasteiger partial charge in [0.2, 0.25) is 5.91 Å². The smallest absolute Gasteiger partial charge is 0.335 e. The van der Waals surface area contributed by atoms with Crippen molar-refractivity contribution >= 4 is 11.9 Å². The van der Waals surface area contributed by atoms with Crippen molar-refractivity contribution in [1.82, 2.24) is 4.90 Å². The van der Waals surface area contributed by atoms with Gasteiger partial charge in [0.25, 0.3) is 0 Å². The second kappa shape index (κ2) is 6.38. The van der Waals surface area contributed by atoms with E-state index in [0.717, 1.165) is 0 Å². The average molecular weight is 253 g/mol. The molecule has 0 heterocycles. The van der Waals surface area contributed by atoms with Gasteiger partial charge >= 0.3 is 5.97 Å². The monoisotopic (exact) mass is 253 g/mol. The maximum Gasteiger partial charge on any atom is 0.335 e. The molecule has 0 saturated carbocycles. The molecule has 0 aromatic heterocycles. The summed E-state index contributed by atoms with van der Waals surface area (Å²) in [5, 5.41) is 0. The summed E-state index contributed by atoms with van der Waals surface area (Å²) in [5.74, 6) is -0.658. The van der Waals surface area contributed by atoms with Gasteiger partial charge in [0.15, 0.2) is 0 Å². The van der Waals surface area contributed by atoms with Crippen molar-refractivity contribution < 1.29 is 14.3 Å². The fourth-order valence-electron chi connectivity index (χ4n) is 1.33. The molecule has 0 spiro atoms. The molecule has 0 radical (unpaired) electrons. The quantitative estimate of drug-likeness (QED) is 0.558. The van der Waals surface area contributed by atoms with Crippen molar-refractivity contribution in [3.63, 3.8) is 0 Å². The molecule has 0 unspecified atom stereocenters. The summed E-state index contributed by atoms with van der Waals surface area (Å²) in [4.78, 5) is 25.1. The van der Waals surface area contributed by atoms with Gasteiger partial charge in [0, 0.05) is 16.7 Å². The Hall–Kier alpha value is -1.58. The summed E-state index contributed by atoms with van der Waals surface area (Å²) in [7, 11) is 0. The molecule has 0 saturated heterocycles. The number of hydrogen-bond acceptors (Lipinski definition) is 3. The van der Waals surface area contributed by atoms with Gasteiger partial charge in [-0.1, -0.05) is 13.2 Å². The lowest BCUT2D eigenvalue weighted by Gasteiger charge is -2.36. The van der Waals surface area contributed by atoms with Crippen LogP contribution in [0.15, 0.2) is 24.3 Å². The number of hydrogen-bond donors (Lipinski definition) is 0. The van der Waals surface area contributed by atoms with Crippen molar-refractivity contribution in [2.45, 2.75) is 40.2 Å². The summed E-state index contributed by atoms with van der Waals surface area (Å²) in [6, 6.07) is 0. The number of carbonyl (C=O) groups excluding carboxylic acids is 2. The van der Waals surface area contributed by atoms with Gasteiger partial charge in [-0.25, -0.2) is 4.79 Å². The number of amides is 1. The summed E-state index contributed by atoms with van der Waals surface area (Å²) in [6.45, 7) is 16.8. The Morgan fingerprint density at radius 1 is 1.22 bits per heavy atom. The first-order valence-corrected chi connectivity index (χ1v) is 5.93. The lowest BCUT2D eigenvalue weighted by molar-refractivity contribution is -0.139. The first-order chi connectivity index (χ1) is 8.11. The number of esters is 1. The maximum atomic E-state index is 12.0. The van der Waals surface area contributed by atoms with Gasteiger partial charge < -0.3 is 9.64 Å². The molecule has 0 aromatic rings. The SMILES string of the molecule is C=C(C)C(=O)N(CC(=C)C(=O)OCC)C(C)(C)C. The average Bonchev–Trinajstić information content (AvgIpc) is 2.23. The fraction of sp³-hybridized carbons (Fsp3) is 0.571.